The summed E-state index contributed by atoms with van der Waals surface area (Å²) in [5, 5.41) is 6.26. The molecule has 0 atom stereocenters. The standard InChI is InChI=1S/C51H32N4/c1-2-6-20-33(19-5-1)44-38-27-11-12-28-39(38)45-40-29-15-18-32-43(40)51(41-30-16-13-25-36(41)37-26-14-17-31-42(37)51)46(45)47(44)52-50-54-48(34-21-7-3-8-22-34)53-49(55-50)35-23-9-4-10-24-35/h1,3-5,7-19,21-32H,2H2,(H,52,53,54,55). The summed E-state index contributed by atoms with van der Waals surface area (Å²) in [7, 11) is 0. The minimum atomic E-state index is -0.633. The third-order valence-electron chi connectivity index (χ3n) is 11.2. The molecule has 1 spiro atoms. The van der Waals surface area contributed by atoms with E-state index in [1.807, 2.05) is 60.7 Å². The van der Waals surface area contributed by atoms with Crippen LogP contribution in [0.4, 0.5) is 11.6 Å². The zero-order valence-electron chi connectivity index (χ0n) is 29.8. The summed E-state index contributed by atoms with van der Waals surface area (Å²) in [5.41, 5.74) is 14.0. The highest BCUT2D eigenvalue weighted by Crippen LogP contribution is 2.66. The zero-order valence-corrected chi connectivity index (χ0v) is 29.8. The van der Waals surface area contributed by atoms with Gasteiger partial charge in [-0.05, 0) is 55.8 Å². The maximum atomic E-state index is 5.18. The number of benzene rings is 7. The SMILES string of the molecule is C1#CC(c2c(Nc3nc(-c4ccccc4)nc(-c4ccccc4)n3)c3c(c4ccccc24)-c2ccccc2C32c3ccccc3-c3ccccc32)=CC=CC1. The Kier molecular flexibility index (Phi) is 7.02. The van der Waals surface area contributed by atoms with Crippen LogP contribution in [-0.4, -0.2) is 15.0 Å². The van der Waals surface area contributed by atoms with E-state index in [4.69, 9.17) is 15.0 Å². The van der Waals surface area contributed by atoms with Crippen molar-refractivity contribution in [2.75, 3.05) is 5.32 Å². The Hall–Kier alpha value is -7.35. The van der Waals surface area contributed by atoms with Crippen LogP contribution in [0.2, 0.25) is 0 Å². The summed E-state index contributed by atoms with van der Waals surface area (Å²) in [4.78, 5) is 15.4. The van der Waals surface area contributed by atoms with Crippen LogP contribution in [0.15, 0.2) is 176 Å². The van der Waals surface area contributed by atoms with Crippen LogP contribution in [0.1, 0.15) is 34.2 Å². The second-order valence-electron chi connectivity index (χ2n) is 14.1. The van der Waals surface area contributed by atoms with E-state index in [0.29, 0.717) is 24.0 Å². The smallest absolute Gasteiger partial charge is 0.231 e. The van der Waals surface area contributed by atoms with Crippen LogP contribution in [0.3, 0.4) is 0 Å². The second-order valence-corrected chi connectivity index (χ2v) is 14.1. The van der Waals surface area contributed by atoms with Crippen molar-refractivity contribution in [1.82, 2.24) is 15.0 Å². The molecule has 256 valence electrons. The summed E-state index contributed by atoms with van der Waals surface area (Å²) in [5.74, 6) is 8.66. The Labute approximate surface area is 319 Å². The Morgan fingerprint density at radius 2 is 1.02 bits per heavy atom. The molecule has 3 aliphatic carbocycles. The first kappa shape index (κ1) is 31.2. The first-order valence-electron chi connectivity index (χ1n) is 18.7. The van der Waals surface area contributed by atoms with Gasteiger partial charge in [-0.15, -0.1) is 0 Å². The lowest BCUT2D eigenvalue weighted by molar-refractivity contribution is 0.796. The van der Waals surface area contributed by atoms with Gasteiger partial charge in [0.25, 0.3) is 0 Å². The molecule has 0 aliphatic heterocycles. The predicted octanol–water partition coefficient (Wildman–Crippen LogP) is 11.8. The van der Waals surface area contributed by atoms with Gasteiger partial charge in [-0.1, -0.05) is 182 Å². The van der Waals surface area contributed by atoms with Gasteiger partial charge in [0.15, 0.2) is 11.6 Å². The van der Waals surface area contributed by atoms with Gasteiger partial charge < -0.3 is 5.32 Å². The number of hydrogen-bond acceptors (Lipinski definition) is 4. The van der Waals surface area contributed by atoms with Crippen molar-refractivity contribution in [3.05, 3.63) is 204 Å². The van der Waals surface area contributed by atoms with E-state index < -0.39 is 5.41 Å². The number of aromatic nitrogens is 3. The van der Waals surface area contributed by atoms with Crippen LogP contribution < -0.4 is 5.32 Å². The van der Waals surface area contributed by atoms with Crippen molar-refractivity contribution in [2.24, 2.45) is 0 Å². The number of allylic oxidation sites excluding steroid dienone is 4. The molecule has 3 aliphatic rings. The predicted molar refractivity (Wildman–Crippen MR) is 224 cm³/mol. The number of anilines is 2. The largest absolute Gasteiger partial charge is 0.323 e. The molecule has 1 aromatic heterocycles. The minimum Gasteiger partial charge on any atom is -0.323 e. The van der Waals surface area contributed by atoms with Gasteiger partial charge in [0.2, 0.25) is 5.95 Å². The molecule has 4 heteroatoms. The highest BCUT2D eigenvalue weighted by atomic mass is 15.2. The zero-order chi connectivity index (χ0) is 36.3. The quantitative estimate of drug-likeness (QED) is 0.182. The summed E-state index contributed by atoms with van der Waals surface area (Å²) >= 11 is 0. The molecular weight excluding hydrogens is 669 g/mol. The number of rotatable bonds is 5. The van der Waals surface area contributed by atoms with Crippen LogP contribution in [0, 0.1) is 11.8 Å². The van der Waals surface area contributed by atoms with E-state index >= 15 is 0 Å². The van der Waals surface area contributed by atoms with Gasteiger partial charge in [-0.2, -0.15) is 9.97 Å². The van der Waals surface area contributed by atoms with E-state index in [-0.39, 0.29) is 0 Å². The summed E-state index contributed by atoms with van der Waals surface area (Å²) in [6.07, 6.45) is 7.08. The molecule has 1 heterocycles. The molecule has 0 radical (unpaired) electrons. The normalized spacial score (nSPS) is 13.9. The molecule has 7 aromatic carbocycles. The fourth-order valence-corrected chi connectivity index (χ4v) is 9.06. The molecule has 0 fully saturated rings. The number of hydrogen-bond donors (Lipinski definition) is 1. The third kappa shape index (κ3) is 4.64. The molecule has 0 bridgehead atoms. The Bertz CT molecular complexity index is 2880. The van der Waals surface area contributed by atoms with Crippen molar-refractivity contribution in [2.45, 2.75) is 11.8 Å². The lowest BCUT2D eigenvalue weighted by atomic mass is 9.69. The number of nitrogens with zero attached hydrogens (tertiary/aromatic N) is 3. The first-order chi connectivity index (χ1) is 27.3. The van der Waals surface area contributed by atoms with Crippen LogP contribution >= 0.6 is 0 Å². The van der Waals surface area contributed by atoms with Gasteiger partial charge in [0.05, 0.1) is 11.1 Å². The Morgan fingerprint density at radius 1 is 0.509 bits per heavy atom. The average Bonchev–Trinajstić information content (AvgIpc) is 3.56. The summed E-state index contributed by atoms with van der Waals surface area (Å²) in [6.45, 7) is 0. The topological polar surface area (TPSA) is 50.7 Å². The molecule has 4 nitrogen and oxygen atoms in total. The molecular formula is C51H32N4. The van der Waals surface area contributed by atoms with Crippen molar-refractivity contribution >= 4 is 28.0 Å². The van der Waals surface area contributed by atoms with Crippen molar-refractivity contribution in [3.63, 3.8) is 0 Å². The van der Waals surface area contributed by atoms with E-state index in [0.717, 1.165) is 33.3 Å². The van der Waals surface area contributed by atoms with E-state index in [1.54, 1.807) is 0 Å². The maximum Gasteiger partial charge on any atom is 0.231 e. The average molecular weight is 701 g/mol. The number of nitrogens with one attached hydrogen (secondary N) is 1. The van der Waals surface area contributed by atoms with E-state index in [2.05, 4.69) is 132 Å². The van der Waals surface area contributed by atoms with Crippen LogP contribution in [-0.2, 0) is 5.41 Å². The van der Waals surface area contributed by atoms with Crippen molar-refractivity contribution < 1.29 is 0 Å². The Morgan fingerprint density at radius 3 is 1.64 bits per heavy atom. The lowest BCUT2D eigenvalue weighted by Gasteiger charge is -2.33. The monoisotopic (exact) mass is 700 g/mol. The molecule has 0 amide bonds. The molecule has 0 unspecified atom stereocenters. The van der Waals surface area contributed by atoms with Crippen molar-refractivity contribution in [3.8, 4) is 56.9 Å². The van der Waals surface area contributed by atoms with Gasteiger partial charge in [-0.3, -0.25) is 0 Å². The van der Waals surface area contributed by atoms with Gasteiger partial charge in [0, 0.05) is 34.2 Å². The molecule has 0 saturated carbocycles. The maximum absolute atomic E-state index is 5.18. The third-order valence-corrected chi connectivity index (χ3v) is 11.2. The highest BCUT2D eigenvalue weighted by Gasteiger charge is 2.54. The summed E-state index contributed by atoms with van der Waals surface area (Å²) in [6, 6.07) is 55.9. The lowest BCUT2D eigenvalue weighted by Crippen LogP contribution is -2.27. The fraction of sp³-hybridized carbons (Fsp3) is 0.0392. The van der Waals surface area contributed by atoms with Crippen LogP contribution in [0.25, 0.3) is 61.4 Å². The van der Waals surface area contributed by atoms with Gasteiger partial charge >= 0.3 is 0 Å². The molecule has 0 saturated heterocycles. The van der Waals surface area contributed by atoms with Gasteiger partial charge in [-0.25, -0.2) is 4.98 Å². The molecule has 55 heavy (non-hydrogen) atoms. The molecule has 8 aromatic rings. The Balaban J connectivity index is 1.30. The summed E-state index contributed by atoms with van der Waals surface area (Å²) < 4.78 is 0. The first-order valence-corrected chi connectivity index (χ1v) is 18.7. The number of fused-ring (bicyclic) bond motifs is 12. The molecule has 1 N–H and O–H groups in total. The van der Waals surface area contributed by atoms with E-state index in [9.17, 15) is 0 Å². The van der Waals surface area contributed by atoms with E-state index in [1.165, 1.54) is 49.9 Å². The van der Waals surface area contributed by atoms with Crippen LogP contribution in [0.5, 0.6) is 0 Å². The van der Waals surface area contributed by atoms with Crippen molar-refractivity contribution in [1.29, 1.82) is 0 Å². The molecule has 11 rings (SSSR count). The highest BCUT2D eigenvalue weighted by molar-refractivity contribution is 6.15. The van der Waals surface area contributed by atoms with Gasteiger partial charge in [0.1, 0.15) is 0 Å². The second kappa shape index (κ2) is 12.4. The minimum absolute atomic E-state index is 0.467. The fourth-order valence-electron chi connectivity index (χ4n) is 9.06.